The zero-order valence-electron chi connectivity index (χ0n) is 32.9. The van der Waals surface area contributed by atoms with E-state index in [9.17, 15) is 0 Å². The lowest BCUT2D eigenvalue weighted by Crippen LogP contribution is -2.44. The van der Waals surface area contributed by atoms with Gasteiger partial charge in [0.2, 0.25) is 0 Å². The quantitative estimate of drug-likeness (QED) is 0.170. The third-order valence-electron chi connectivity index (χ3n) is 13.0. The van der Waals surface area contributed by atoms with Gasteiger partial charge in [-0.1, -0.05) is 183 Å². The molecule has 0 aromatic heterocycles. The molecular weight excluding hydrogens is 699 g/mol. The summed E-state index contributed by atoms with van der Waals surface area (Å²) < 4.78 is 0. The molecule has 3 aliphatic carbocycles. The zero-order valence-corrected chi connectivity index (χ0v) is 32.9. The monoisotopic (exact) mass is 741 g/mol. The van der Waals surface area contributed by atoms with Crippen LogP contribution in [0.1, 0.15) is 64.8 Å². The Hall–Kier alpha value is -6.96. The van der Waals surface area contributed by atoms with Crippen molar-refractivity contribution in [2.24, 2.45) is 0 Å². The number of benzene rings is 8. The topological polar surface area (TPSA) is 3.24 Å². The highest BCUT2D eigenvalue weighted by Crippen LogP contribution is 2.68. The fourth-order valence-electron chi connectivity index (χ4n) is 10.9. The highest BCUT2D eigenvalue weighted by molar-refractivity contribution is 5.98. The van der Waals surface area contributed by atoms with E-state index in [1.807, 2.05) is 0 Å². The van der Waals surface area contributed by atoms with Crippen LogP contribution in [0.4, 0.5) is 17.1 Å². The number of allylic oxidation sites excluding steroid dienone is 4. The van der Waals surface area contributed by atoms with Gasteiger partial charge in [-0.25, -0.2) is 0 Å². The maximum absolute atomic E-state index is 2.55. The third kappa shape index (κ3) is 4.59. The van der Waals surface area contributed by atoms with E-state index >= 15 is 0 Å². The molecule has 11 rings (SSSR count). The van der Waals surface area contributed by atoms with Crippen LogP contribution in [0, 0.1) is 0 Å². The van der Waals surface area contributed by atoms with E-state index in [1.54, 1.807) is 0 Å². The maximum atomic E-state index is 2.55. The van der Waals surface area contributed by atoms with E-state index in [0.717, 1.165) is 23.5 Å². The van der Waals surface area contributed by atoms with Gasteiger partial charge >= 0.3 is 0 Å². The van der Waals surface area contributed by atoms with Crippen molar-refractivity contribution in [1.82, 2.24) is 0 Å². The normalized spacial score (nSPS) is 17.8. The van der Waals surface area contributed by atoms with Crippen molar-refractivity contribution in [2.45, 2.75) is 31.1 Å². The molecule has 8 aromatic rings. The Kier molecular flexibility index (Phi) is 7.88. The molecule has 276 valence electrons. The Bertz CT molecular complexity index is 2890. The standard InChI is InChI=1S/C57H43N/c1-3-19-48-44(4-2)45-24-11-14-27-49(45)56(48)52-30-17-18-31-53(52)57(50-28-15-12-25-46(50)47-26-13-16-29-51(47)57)55-38-43(36-37-54(55)56)58(41-22-9-6-10-23-41)42-34-32-40(33-35-42)39-20-7-5-8-21-39/h4-38H,3H2,1-2H3/b44-4-,48-19+. The summed E-state index contributed by atoms with van der Waals surface area (Å²) in [6.45, 7) is 4.49. The molecule has 1 unspecified atom stereocenters. The Balaban J connectivity index is 1.27. The highest BCUT2D eigenvalue weighted by Gasteiger charge is 2.59. The van der Waals surface area contributed by atoms with Crippen LogP contribution in [0.15, 0.2) is 218 Å². The van der Waals surface area contributed by atoms with Gasteiger partial charge in [-0.3, -0.25) is 0 Å². The fourth-order valence-corrected chi connectivity index (χ4v) is 10.9. The summed E-state index contributed by atoms with van der Waals surface area (Å²) in [5, 5.41) is 0. The van der Waals surface area contributed by atoms with E-state index in [-0.39, 0.29) is 0 Å². The number of hydrogen-bond donors (Lipinski definition) is 0. The second-order valence-corrected chi connectivity index (χ2v) is 15.7. The van der Waals surface area contributed by atoms with Gasteiger partial charge in [0.15, 0.2) is 0 Å². The largest absolute Gasteiger partial charge is 0.310 e. The van der Waals surface area contributed by atoms with Crippen molar-refractivity contribution < 1.29 is 0 Å². The van der Waals surface area contributed by atoms with E-state index in [1.165, 1.54) is 77.9 Å². The Morgan fingerprint density at radius 1 is 0.397 bits per heavy atom. The highest BCUT2D eigenvalue weighted by atomic mass is 15.1. The maximum Gasteiger partial charge on any atom is 0.0720 e. The van der Waals surface area contributed by atoms with Gasteiger partial charge in [-0.05, 0) is 128 Å². The Labute approximate surface area is 341 Å². The first-order valence-corrected chi connectivity index (χ1v) is 20.6. The van der Waals surface area contributed by atoms with Crippen molar-refractivity contribution in [3.8, 4) is 22.3 Å². The van der Waals surface area contributed by atoms with Crippen LogP contribution in [0.2, 0.25) is 0 Å². The molecule has 0 radical (unpaired) electrons. The van der Waals surface area contributed by atoms with Crippen LogP contribution in [0.25, 0.3) is 27.8 Å². The van der Waals surface area contributed by atoms with Gasteiger partial charge in [0.05, 0.1) is 10.8 Å². The molecule has 0 heterocycles. The summed E-state index contributed by atoms with van der Waals surface area (Å²) in [5.74, 6) is 0. The predicted octanol–water partition coefficient (Wildman–Crippen LogP) is 14.6. The molecule has 1 nitrogen and oxygen atoms in total. The molecule has 0 saturated carbocycles. The summed E-state index contributed by atoms with van der Waals surface area (Å²) in [6, 6.07) is 74.8. The van der Waals surface area contributed by atoms with Gasteiger partial charge in [0.1, 0.15) is 0 Å². The molecule has 58 heavy (non-hydrogen) atoms. The van der Waals surface area contributed by atoms with E-state index in [2.05, 4.69) is 231 Å². The first-order chi connectivity index (χ1) is 28.7. The second kappa shape index (κ2) is 13.3. The SMILES string of the molecule is C/C=C1\C(=C/CC)C2(c3ccccc31)c1ccccc1C1(c3ccccc3-c3ccccc31)c1cc(N(c3ccccc3)c3ccc(-c4ccccc4)cc3)ccc12. The van der Waals surface area contributed by atoms with Gasteiger partial charge in [-0.15, -0.1) is 0 Å². The summed E-state index contributed by atoms with van der Waals surface area (Å²) in [7, 11) is 0. The van der Waals surface area contributed by atoms with Crippen LogP contribution in [-0.4, -0.2) is 0 Å². The van der Waals surface area contributed by atoms with Gasteiger partial charge in [0.25, 0.3) is 0 Å². The van der Waals surface area contributed by atoms with Crippen LogP contribution in [-0.2, 0) is 10.8 Å². The van der Waals surface area contributed by atoms with E-state index in [0.29, 0.717) is 0 Å². The molecule has 0 N–H and O–H groups in total. The minimum absolute atomic E-state index is 0.508. The van der Waals surface area contributed by atoms with Gasteiger partial charge in [-0.2, -0.15) is 0 Å². The molecule has 1 atom stereocenters. The molecule has 3 aliphatic rings. The Morgan fingerprint density at radius 2 is 0.845 bits per heavy atom. The molecule has 2 spiro atoms. The molecule has 8 aromatic carbocycles. The average Bonchev–Trinajstić information content (AvgIpc) is 3.74. The summed E-state index contributed by atoms with van der Waals surface area (Å²) in [5.41, 5.74) is 20.8. The second-order valence-electron chi connectivity index (χ2n) is 15.7. The van der Waals surface area contributed by atoms with Crippen molar-refractivity contribution >= 4 is 22.6 Å². The lowest BCUT2D eigenvalue weighted by atomic mass is 9.52. The zero-order chi connectivity index (χ0) is 38.8. The first-order valence-electron chi connectivity index (χ1n) is 20.6. The number of hydrogen-bond acceptors (Lipinski definition) is 1. The molecular formula is C57H43N. The summed E-state index contributed by atoms with van der Waals surface area (Å²) in [6.07, 6.45) is 5.78. The van der Waals surface area contributed by atoms with Crippen LogP contribution in [0.3, 0.4) is 0 Å². The first kappa shape index (κ1) is 34.3. The lowest BCUT2D eigenvalue weighted by molar-refractivity contribution is 0.631. The smallest absolute Gasteiger partial charge is 0.0720 e. The molecule has 0 aliphatic heterocycles. The number of rotatable bonds is 5. The van der Waals surface area contributed by atoms with Crippen LogP contribution < -0.4 is 4.90 Å². The lowest BCUT2D eigenvalue weighted by Gasteiger charge is -2.49. The molecule has 0 saturated heterocycles. The fraction of sp³-hybridized carbons (Fsp3) is 0.0877. The van der Waals surface area contributed by atoms with Crippen molar-refractivity contribution in [1.29, 1.82) is 0 Å². The minimum atomic E-state index is -0.551. The Morgan fingerprint density at radius 3 is 1.45 bits per heavy atom. The van der Waals surface area contributed by atoms with Crippen molar-refractivity contribution in [3.05, 3.63) is 262 Å². The van der Waals surface area contributed by atoms with Crippen molar-refractivity contribution in [3.63, 3.8) is 0 Å². The molecule has 0 amide bonds. The number of fused-ring (bicyclic) bond motifs is 13. The van der Waals surface area contributed by atoms with E-state index in [4.69, 9.17) is 0 Å². The molecule has 1 heteroatoms. The summed E-state index contributed by atoms with van der Waals surface area (Å²) in [4.78, 5) is 2.44. The molecule has 0 bridgehead atoms. The van der Waals surface area contributed by atoms with Gasteiger partial charge in [0, 0.05) is 17.1 Å². The van der Waals surface area contributed by atoms with Crippen molar-refractivity contribution in [2.75, 3.05) is 4.90 Å². The van der Waals surface area contributed by atoms with E-state index < -0.39 is 10.8 Å². The number of para-hydroxylation sites is 1. The predicted molar refractivity (Wildman–Crippen MR) is 242 cm³/mol. The van der Waals surface area contributed by atoms with Crippen LogP contribution in [0.5, 0.6) is 0 Å². The number of anilines is 3. The average molecular weight is 742 g/mol. The molecule has 0 fully saturated rings. The minimum Gasteiger partial charge on any atom is -0.310 e. The van der Waals surface area contributed by atoms with Crippen LogP contribution >= 0.6 is 0 Å². The van der Waals surface area contributed by atoms with Gasteiger partial charge < -0.3 is 4.90 Å². The third-order valence-corrected chi connectivity index (χ3v) is 13.0. The number of nitrogens with zero attached hydrogens (tertiary/aromatic N) is 1. The summed E-state index contributed by atoms with van der Waals surface area (Å²) >= 11 is 0.